The number of benzene rings is 1. The van der Waals surface area contributed by atoms with Crippen LogP contribution in [0.2, 0.25) is 5.02 Å². The third-order valence-electron chi connectivity index (χ3n) is 3.42. The largest absolute Gasteiger partial charge is 0.341 e. The molecule has 0 aliphatic heterocycles. The molecule has 0 saturated heterocycles. The van der Waals surface area contributed by atoms with Crippen molar-refractivity contribution in [2.24, 2.45) is 5.92 Å². The molecular formula is C16H20ClN3O. The van der Waals surface area contributed by atoms with Gasteiger partial charge < -0.3 is 4.90 Å². The van der Waals surface area contributed by atoms with Gasteiger partial charge in [-0.25, -0.2) is 0 Å². The molecule has 0 aliphatic rings. The van der Waals surface area contributed by atoms with Gasteiger partial charge in [-0.2, -0.15) is 5.10 Å². The molecule has 1 N–H and O–H groups in total. The highest BCUT2D eigenvalue weighted by Gasteiger charge is 2.14. The van der Waals surface area contributed by atoms with Crippen LogP contribution in [0.15, 0.2) is 36.7 Å². The fourth-order valence-corrected chi connectivity index (χ4v) is 2.40. The van der Waals surface area contributed by atoms with Crippen LogP contribution in [0.1, 0.15) is 24.5 Å². The van der Waals surface area contributed by atoms with E-state index in [1.54, 1.807) is 17.3 Å². The minimum Gasteiger partial charge on any atom is -0.341 e. The minimum atomic E-state index is 0.151. The van der Waals surface area contributed by atoms with Crippen molar-refractivity contribution in [2.45, 2.75) is 26.3 Å². The minimum absolute atomic E-state index is 0.151. The molecule has 1 aromatic heterocycles. The number of halogens is 1. The van der Waals surface area contributed by atoms with Gasteiger partial charge in [-0.1, -0.05) is 30.7 Å². The lowest BCUT2D eigenvalue weighted by Gasteiger charge is -2.19. The second-order valence-electron chi connectivity index (χ2n) is 5.50. The predicted molar refractivity (Wildman–Crippen MR) is 84.0 cm³/mol. The molecule has 1 amide bonds. The topological polar surface area (TPSA) is 49.0 Å². The maximum Gasteiger partial charge on any atom is 0.222 e. The number of carbonyl (C=O) groups is 1. The molecular weight excluding hydrogens is 286 g/mol. The molecule has 4 nitrogen and oxygen atoms in total. The van der Waals surface area contributed by atoms with Crippen LogP contribution >= 0.6 is 11.6 Å². The number of aromatic amines is 1. The molecule has 0 fully saturated rings. The summed E-state index contributed by atoms with van der Waals surface area (Å²) in [6.07, 6.45) is 4.96. The number of nitrogens with zero attached hydrogens (tertiary/aromatic N) is 2. The Balaban J connectivity index is 1.82. The van der Waals surface area contributed by atoms with Gasteiger partial charge in [0.1, 0.15) is 0 Å². The quantitative estimate of drug-likeness (QED) is 0.890. The molecule has 1 aromatic carbocycles. The first-order valence-corrected chi connectivity index (χ1v) is 7.38. The third kappa shape index (κ3) is 4.90. The fourth-order valence-electron chi connectivity index (χ4n) is 2.28. The molecule has 5 heteroatoms. The van der Waals surface area contributed by atoms with Gasteiger partial charge in [0.25, 0.3) is 0 Å². The summed E-state index contributed by atoms with van der Waals surface area (Å²) in [5.74, 6) is 0.447. The van der Waals surface area contributed by atoms with Crippen LogP contribution in [-0.4, -0.2) is 28.1 Å². The van der Waals surface area contributed by atoms with Gasteiger partial charge in [0, 0.05) is 36.8 Å². The maximum absolute atomic E-state index is 12.2. The molecule has 112 valence electrons. The SMILES string of the molecule is CC(CC(=O)N(C)Cc1cn[nH]c1)Cc1ccc(Cl)cc1. The number of hydrogen-bond acceptors (Lipinski definition) is 2. The van der Waals surface area contributed by atoms with Gasteiger partial charge in [-0.15, -0.1) is 0 Å². The Kier molecular flexibility index (Phi) is 5.39. The number of rotatable bonds is 6. The summed E-state index contributed by atoms with van der Waals surface area (Å²) in [7, 11) is 1.82. The Morgan fingerprint density at radius 2 is 2.05 bits per heavy atom. The number of amides is 1. The van der Waals surface area contributed by atoms with E-state index >= 15 is 0 Å². The van der Waals surface area contributed by atoms with Crippen molar-refractivity contribution in [1.29, 1.82) is 0 Å². The van der Waals surface area contributed by atoms with Crippen molar-refractivity contribution >= 4 is 17.5 Å². The lowest BCUT2D eigenvalue weighted by atomic mass is 9.97. The standard InChI is InChI=1S/C16H20ClN3O/c1-12(7-13-3-5-15(17)6-4-13)8-16(21)20(2)11-14-9-18-19-10-14/h3-6,9-10,12H,7-8,11H2,1-2H3,(H,18,19). The van der Waals surface area contributed by atoms with E-state index in [2.05, 4.69) is 17.1 Å². The normalized spacial score (nSPS) is 12.1. The Hall–Kier alpha value is -1.81. The molecule has 21 heavy (non-hydrogen) atoms. The summed E-state index contributed by atoms with van der Waals surface area (Å²) in [6, 6.07) is 7.80. The molecule has 0 spiro atoms. The van der Waals surface area contributed by atoms with Gasteiger partial charge in [0.2, 0.25) is 5.91 Å². The van der Waals surface area contributed by atoms with Gasteiger partial charge in [-0.3, -0.25) is 9.89 Å². The van der Waals surface area contributed by atoms with Crippen LogP contribution in [0, 0.1) is 5.92 Å². The molecule has 0 aliphatic carbocycles. The highest BCUT2D eigenvalue weighted by molar-refractivity contribution is 6.30. The summed E-state index contributed by atoms with van der Waals surface area (Å²) in [6.45, 7) is 2.68. The molecule has 0 bridgehead atoms. The summed E-state index contributed by atoms with van der Waals surface area (Å²) in [4.78, 5) is 13.9. The van der Waals surface area contributed by atoms with Crippen LogP contribution in [0.25, 0.3) is 0 Å². The van der Waals surface area contributed by atoms with Crippen LogP contribution in [0.4, 0.5) is 0 Å². The molecule has 1 heterocycles. The predicted octanol–water partition coefficient (Wildman–Crippen LogP) is 3.29. The summed E-state index contributed by atoms with van der Waals surface area (Å²) >= 11 is 5.87. The molecule has 2 aromatic rings. The van der Waals surface area contributed by atoms with E-state index in [0.717, 1.165) is 17.0 Å². The zero-order valence-electron chi connectivity index (χ0n) is 12.3. The number of hydrogen-bond donors (Lipinski definition) is 1. The van der Waals surface area contributed by atoms with Crippen molar-refractivity contribution in [3.63, 3.8) is 0 Å². The monoisotopic (exact) mass is 305 g/mol. The lowest BCUT2D eigenvalue weighted by molar-refractivity contribution is -0.131. The summed E-state index contributed by atoms with van der Waals surface area (Å²) < 4.78 is 0. The number of nitrogens with one attached hydrogen (secondary N) is 1. The highest BCUT2D eigenvalue weighted by Crippen LogP contribution is 2.16. The van der Waals surface area contributed by atoms with E-state index < -0.39 is 0 Å². The van der Waals surface area contributed by atoms with E-state index in [1.807, 2.05) is 31.3 Å². The van der Waals surface area contributed by atoms with Gasteiger partial charge in [0.05, 0.1) is 6.20 Å². The Morgan fingerprint density at radius 1 is 1.33 bits per heavy atom. The maximum atomic E-state index is 12.2. The van der Waals surface area contributed by atoms with Crippen LogP contribution in [0.5, 0.6) is 0 Å². The fraction of sp³-hybridized carbons (Fsp3) is 0.375. The van der Waals surface area contributed by atoms with Gasteiger partial charge in [-0.05, 0) is 30.0 Å². The van der Waals surface area contributed by atoms with E-state index in [4.69, 9.17) is 11.6 Å². The molecule has 1 unspecified atom stereocenters. The van der Waals surface area contributed by atoms with Crippen LogP contribution in [0.3, 0.4) is 0 Å². The summed E-state index contributed by atoms with van der Waals surface area (Å²) in [5, 5.41) is 7.38. The Labute approximate surface area is 130 Å². The van der Waals surface area contributed by atoms with E-state index in [0.29, 0.717) is 18.9 Å². The first-order valence-electron chi connectivity index (χ1n) is 7.00. The Morgan fingerprint density at radius 3 is 2.67 bits per heavy atom. The average Bonchev–Trinajstić information content (AvgIpc) is 2.94. The van der Waals surface area contributed by atoms with E-state index in [9.17, 15) is 4.79 Å². The van der Waals surface area contributed by atoms with Crippen molar-refractivity contribution in [2.75, 3.05) is 7.05 Å². The highest BCUT2D eigenvalue weighted by atomic mass is 35.5. The first kappa shape index (κ1) is 15.6. The van der Waals surface area contributed by atoms with Gasteiger partial charge >= 0.3 is 0 Å². The van der Waals surface area contributed by atoms with E-state index in [-0.39, 0.29) is 5.91 Å². The first-order chi connectivity index (χ1) is 10.0. The lowest BCUT2D eigenvalue weighted by Crippen LogP contribution is -2.27. The van der Waals surface area contributed by atoms with Crippen molar-refractivity contribution in [3.8, 4) is 0 Å². The average molecular weight is 306 g/mol. The number of aromatic nitrogens is 2. The molecule has 0 saturated carbocycles. The Bertz CT molecular complexity index is 566. The van der Waals surface area contributed by atoms with Crippen LogP contribution < -0.4 is 0 Å². The molecule has 2 rings (SSSR count). The van der Waals surface area contributed by atoms with Crippen molar-refractivity contribution in [3.05, 3.63) is 52.8 Å². The zero-order valence-corrected chi connectivity index (χ0v) is 13.1. The number of carbonyl (C=O) groups excluding carboxylic acids is 1. The molecule has 0 radical (unpaired) electrons. The summed E-state index contributed by atoms with van der Waals surface area (Å²) in [5.41, 5.74) is 2.22. The van der Waals surface area contributed by atoms with Crippen molar-refractivity contribution in [1.82, 2.24) is 15.1 Å². The second-order valence-corrected chi connectivity index (χ2v) is 5.93. The second kappa shape index (κ2) is 7.27. The van der Waals surface area contributed by atoms with Gasteiger partial charge in [0.15, 0.2) is 0 Å². The smallest absolute Gasteiger partial charge is 0.222 e. The molecule has 1 atom stereocenters. The van der Waals surface area contributed by atoms with E-state index in [1.165, 1.54) is 5.56 Å². The third-order valence-corrected chi connectivity index (χ3v) is 3.67. The van der Waals surface area contributed by atoms with Crippen molar-refractivity contribution < 1.29 is 4.79 Å². The van der Waals surface area contributed by atoms with Crippen LogP contribution in [-0.2, 0) is 17.8 Å². The zero-order chi connectivity index (χ0) is 15.2. The number of H-pyrrole nitrogens is 1.